The zero-order chi connectivity index (χ0) is 16.0. The van der Waals surface area contributed by atoms with Gasteiger partial charge in [0.2, 0.25) is 10.0 Å². The Bertz CT molecular complexity index is 559. The third-order valence-corrected chi connectivity index (χ3v) is 4.66. The predicted octanol–water partition coefficient (Wildman–Crippen LogP) is 1.43. The van der Waals surface area contributed by atoms with Crippen molar-refractivity contribution in [2.45, 2.75) is 31.7 Å². The maximum atomic E-state index is 12.1. The number of hydrogen-bond acceptors (Lipinski definition) is 5. The molecule has 0 saturated carbocycles. The van der Waals surface area contributed by atoms with E-state index in [2.05, 4.69) is 4.72 Å². The van der Waals surface area contributed by atoms with Gasteiger partial charge in [0.1, 0.15) is 0 Å². The van der Waals surface area contributed by atoms with Crippen molar-refractivity contribution in [1.82, 2.24) is 4.72 Å². The Hall–Kier alpha value is -1.31. The Balaban J connectivity index is 3.22. The summed E-state index contributed by atoms with van der Waals surface area (Å²) < 4.78 is 31.8. The van der Waals surface area contributed by atoms with E-state index in [1.54, 1.807) is 26.2 Å². The number of anilines is 2. The molecule has 0 bridgehead atoms. The zero-order valence-corrected chi connectivity index (χ0v) is 13.9. The highest BCUT2D eigenvalue weighted by Crippen LogP contribution is 2.28. The molecule has 6 nitrogen and oxygen atoms in total. The van der Waals surface area contributed by atoms with Gasteiger partial charge in [0.25, 0.3) is 0 Å². The minimum absolute atomic E-state index is 0.180. The molecule has 1 rings (SSSR count). The quantitative estimate of drug-likeness (QED) is 0.709. The highest BCUT2D eigenvalue weighted by atomic mass is 32.2. The fourth-order valence-electron chi connectivity index (χ4n) is 2.06. The van der Waals surface area contributed by atoms with E-state index in [1.165, 1.54) is 6.07 Å². The van der Waals surface area contributed by atoms with Crippen molar-refractivity contribution in [3.05, 3.63) is 18.2 Å². The number of nitrogens with one attached hydrogen (secondary N) is 1. The topological polar surface area (TPSA) is 84.7 Å². The van der Waals surface area contributed by atoms with Crippen LogP contribution in [0, 0.1) is 0 Å². The molecule has 1 aromatic rings. The second kappa shape index (κ2) is 7.63. The van der Waals surface area contributed by atoms with E-state index in [9.17, 15) is 8.42 Å². The van der Waals surface area contributed by atoms with Crippen molar-refractivity contribution in [3.8, 4) is 0 Å². The van der Waals surface area contributed by atoms with Crippen molar-refractivity contribution in [2.24, 2.45) is 0 Å². The Morgan fingerprint density at radius 3 is 2.57 bits per heavy atom. The molecule has 0 spiro atoms. The standard InChI is InChI=1S/C14H25N3O3S/c1-5-16-21(18,19)12-6-7-13(15)14(10-12)17(11(2)3)8-9-20-4/h6-7,10-11,16H,5,8-9,15H2,1-4H3. The fraction of sp³-hybridized carbons (Fsp3) is 0.571. The number of nitrogens with zero attached hydrogens (tertiary/aromatic N) is 1. The number of nitrogen functional groups attached to an aromatic ring is 1. The summed E-state index contributed by atoms with van der Waals surface area (Å²) in [7, 11) is -1.86. The van der Waals surface area contributed by atoms with Crippen LogP contribution in [0.3, 0.4) is 0 Å². The summed E-state index contributed by atoms with van der Waals surface area (Å²) in [4.78, 5) is 2.25. The van der Waals surface area contributed by atoms with Gasteiger partial charge in [0, 0.05) is 26.2 Å². The Labute approximate surface area is 127 Å². The summed E-state index contributed by atoms with van der Waals surface area (Å²) in [6, 6.07) is 4.94. The molecular formula is C14H25N3O3S. The van der Waals surface area contributed by atoms with Gasteiger partial charge in [-0.1, -0.05) is 6.92 Å². The molecule has 0 aromatic heterocycles. The lowest BCUT2D eigenvalue weighted by Crippen LogP contribution is -2.34. The molecule has 0 unspecified atom stereocenters. The van der Waals surface area contributed by atoms with Crippen LogP contribution in [-0.2, 0) is 14.8 Å². The largest absolute Gasteiger partial charge is 0.397 e. The highest BCUT2D eigenvalue weighted by Gasteiger charge is 2.18. The van der Waals surface area contributed by atoms with E-state index in [4.69, 9.17) is 10.5 Å². The molecule has 3 N–H and O–H groups in total. The summed E-state index contributed by atoms with van der Waals surface area (Å²) in [5.41, 5.74) is 7.28. The van der Waals surface area contributed by atoms with E-state index in [0.29, 0.717) is 31.1 Å². The average molecular weight is 315 g/mol. The number of hydrogen-bond donors (Lipinski definition) is 2. The Kier molecular flexibility index (Phi) is 6.44. The van der Waals surface area contributed by atoms with Gasteiger partial charge in [-0.25, -0.2) is 13.1 Å². The highest BCUT2D eigenvalue weighted by molar-refractivity contribution is 7.89. The van der Waals surface area contributed by atoms with Crippen LogP contribution in [-0.4, -0.2) is 41.3 Å². The molecule has 0 amide bonds. The summed E-state index contributed by atoms with van der Waals surface area (Å²) >= 11 is 0. The Morgan fingerprint density at radius 1 is 1.38 bits per heavy atom. The van der Waals surface area contributed by atoms with Crippen molar-refractivity contribution in [1.29, 1.82) is 0 Å². The number of ether oxygens (including phenoxy) is 1. The van der Waals surface area contributed by atoms with Gasteiger partial charge in [-0.2, -0.15) is 0 Å². The fourth-order valence-corrected chi connectivity index (χ4v) is 3.12. The van der Waals surface area contributed by atoms with Crippen LogP contribution in [0.25, 0.3) is 0 Å². The zero-order valence-electron chi connectivity index (χ0n) is 13.1. The lowest BCUT2D eigenvalue weighted by molar-refractivity contribution is 0.204. The number of sulfonamides is 1. The van der Waals surface area contributed by atoms with E-state index < -0.39 is 10.0 Å². The molecule has 0 aliphatic carbocycles. The normalized spacial score (nSPS) is 11.9. The summed E-state index contributed by atoms with van der Waals surface area (Å²) in [5, 5.41) is 0. The maximum Gasteiger partial charge on any atom is 0.240 e. The van der Waals surface area contributed by atoms with Crippen LogP contribution < -0.4 is 15.4 Å². The predicted molar refractivity (Wildman–Crippen MR) is 86.1 cm³/mol. The van der Waals surface area contributed by atoms with E-state index in [0.717, 1.165) is 0 Å². The summed E-state index contributed by atoms with van der Waals surface area (Å²) in [6.07, 6.45) is 0. The molecule has 0 atom stereocenters. The number of rotatable bonds is 8. The van der Waals surface area contributed by atoms with Gasteiger partial charge < -0.3 is 15.4 Å². The average Bonchev–Trinajstić information content (AvgIpc) is 2.40. The van der Waals surface area contributed by atoms with E-state index in [1.807, 2.05) is 18.7 Å². The van der Waals surface area contributed by atoms with Gasteiger partial charge in [-0.05, 0) is 32.0 Å². The third kappa shape index (κ3) is 4.59. The van der Waals surface area contributed by atoms with Crippen LogP contribution in [0.2, 0.25) is 0 Å². The van der Waals surface area contributed by atoms with Crippen LogP contribution in [0.4, 0.5) is 11.4 Å². The van der Waals surface area contributed by atoms with Crippen LogP contribution in [0.5, 0.6) is 0 Å². The van der Waals surface area contributed by atoms with E-state index in [-0.39, 0.29) is 10.9 Å². The van der Waals surface area contributed by atoms with Crippen LogP contribution >= 0.6 is 0 Å². The lowest BCUT2D eigenvalue weighted by Gasteiger charge is -2.30. The van der Waals surface area contributed by atoms with Gasteiger partial charge in [-0.3, -0.25) is 0 Å². The maximum absolute atomic E-state index is 12.1. The number of benzene rings is 1. The van der Waals surface area contributed by atoms with Crippen molar-refractivity contribution in [2.75, 3.05) is 37.4 Å². The third-order valence-electron chi connectivity index (χ3n) is 3.12. The van der Waals surface area contributed by atoms with Crippen LogP contribution in [0.15, 0.2) is 23.1 Å². The molecule has 0 aliphatic rings. The summed E-state index contributed by atoms with van der Waals surface area (Å²) in [6.45, 7) is 7.33. The first-order chi connectivity index (χ1) is 9.83. The van der Waals surface area contributed by atoms with Crippen LogP contribution in [0.1, 0.15) is 20.8 Å². The van der Waals surface area contributed by atoms with Crippen molar-refractivity contribution < 1.29 is 13.2 Å². The molecule has 120 valence electrons. The minimum atomic E-state index is -3.49. The molecular weight excluding hydrogens is 290 g/mol. The van der Waals surface area contributed by atoms with E-state index >= 15 is 0 Å². The monoisotopic (exact) mass is 315 g/mol. The molecule has 0 aliphatic heterocycles. The second-order valence-corrected chi connectivity index (χ2v) is 6.77. The Morgan fingerprint density at radius 2 is 2.05 bits per heavy atom. The lowest BCUT2D eigenvalue weighted by atomic mass is 10.2. The molecule has 0 saturated heterocycles. The molecule has 1 aromatic carbocycles. The first kappa shape index (κ1) is 17.7. The first-order valence-electron chi connectivity index (χ1n) is 6.98. The molecule has 21 heavy (non-hydrogen) atoms. The summed E-state index contributed by atoms with van der Waals surface area (Å²) in [5.74, 6) is 0. The number of methoxy groups -OCH3 is 1. The van der Waals surface area contributed by atoms with Crippen molar-refractivity contribution >= 4 is 21.4 Å². The SMILES string of the molecule is CCNS(=O)(=O)c1ccc(N)c(N(CCOC)C(C)C)c1. The van der Waals surface area contributed by atoms with Gasteiger partial charge in [0.15, 0.2) is 0 Å². The molecule has 0 radical (unpaired) electrons. The van der Waals surface area contributed by atoms with Crippen molar-refractivity contribution in [3.63, 3.8) is 0 Å². The molecule has 0 fully saturated rings. The first-order valence-corrected chi connectivity index (χ1v) is 8.46. The minimum Gasteiger partial charge on any atom is -0.397 e. The van der Waals surface area contributed by atoms with Gasteiger partial charge >= 0.3 is 0 Å². The molecule has 0 heterocycles. The van der Waals surface area contributed by atoms with Gasteiger partial charge in [-0.15, -0.1) is 0 Å². The van der Waals surface area contributed by atoms with Gasteiger partial charge in [0.05, 0.1) is 22.9 Å². The smallest absolute Gasteiger partial charge is 0.240 e. The second-order valence-electron chi connectivity index (χ2n) is 5.00. The molecule has 7 heteroatoms. The number of nitrogens with two attached hydrogens (primary N) is 1.